The highest BCUT2D eigenvalue weighted by molar-refractivity contribution is 5.75. The van der Waals surface area contributed by atoms with Gasteiger partial charge in [-0.1, -0.05) is 0 Å². The molecule has 1 aromatic heterocycles. The molecule has 0 amide bonds. The van der Waals surface area contributed by atoms with Crippen molar-refractivity contribution in [1.82, 2.24) is 9.97 Å². The molecule has 1 aromatic carbocycles. The van der Waals surface area contributed by atoms with Crippen molar-refractivity contribution in [3.8, 4) is 5.75 Å². The van der Waals surface area contributed by atoms with E-state index in [2.05, 4.69) is 9.97 Å². The number of aromatic nitrogens is 2. The van der Waals surface area contributed by atoms with E-state index in [0.29, 0.717) is 22.5 Å². The van der Waals surface area contributed by atoms with Crippen LogP contribution in [0.5, 0.6) is 5.75 Å². The summed E-state index contributed by atoms with van der Waals surface area (Å²) in [5.41, 5.74) is 1.63. The van der Waals surface area contributed by atoms with Crippen molar-refractivity contribution in [2.45, 2.75) is 6.54 Å². The third-order valence-corrected chi connectivity index (χ3v) is 2.09. The number of rotatable bonds is 3. The minimum atomic E-state index is -0.431. The third kappa shape index (κ3) is 2.05. The Morgan fingerprint density at radius 3 is 2.94 bits per heavy atom. The maximum atomic E-state index is 10.3. The fourth-order valence-electron chi connectivity index (χ4n) is 1.36. The van der Waals surface area contributed by atoms with Crippen molar-refractivity contribution in [1.29, 1.82) is 0 Å². The van der Waals surface area contributed by atoms with Crippen LogP contribution < -0.4 is 4.74 Å². The zero-order valence-corrected chi connectivity index (χ0v) is 8.58. The van der Waals surface area contributed by atoms with Crippen molar-refractivity contribution in [3.05, 3.63) is 40.2 Å². The number of nitro groups is 1. The van der Waals surface area contributed by atoms with Gasteiger partial charge in [-0.05, 0) is 12.1 Å². The lowest BCUT2D eigenvalue weighted by molar-refractivity contribution is -0.497. The van der Waals surface area contributed by atoms with Crippen molar-refractivity contribution in [3.63, 3.8) is 0 Å². The topological polar surface area (TPSA) is 78.2 Å². The van der Waals surface area contributed by atoms with Crippen molar-refractivity contribution in [2.75, 3.05) is 7.11 Å². The molecule has 2 rings (SSSR count). The molecule has 82 valence electrons. The monoisotopic (exact) mass is 219 g/mol. The van der Waals surface area contributed by atoms with Crippen LogP contribution in [-0.2, 0) is 6.54 Å². The van der Waals surface area contributed by atoms with Crippen molar-refractivity contribution < 1.29 is 9.66 Å². The lowest BCUT2D eigenvalue weighted by Crippen LogP contribution is -2.01. The summed E-state index contributed by atoms with van der Waals surface area (Å²) in [6, 6.07) is 5.20. The summed E-state index contributed by atoms with van der Waals surface area (Å²) < 4.78 is 5.04. The molecular weight excluding hydrogens is 210 g/mol. The number of hydrogen-bond donors (Lipinski definition) is 0. The van der Waals surface area contributed by atoms with Gasteiger partial charge in [-0.3, -0.25) is 15.1 Å². The second-order valence-corrected chi connectivity index (χ2v) is 3.21. The molecule has 0 bridgehead atoms. The second-order valence-electron chi connectivity index (χ2n) is 3.21. The average molecular weight is 219 g/mol. The average Bonchev–Trinajstić information content (AvgIpc) is 2.27. The largest absolute Gasteiger partial charge is 0.497 e. The Morgan fingerprint density at radius 2 is 2.25 bits per heavy atom. The Morgan fingerprint density at radius 1 is 1.44 bits per heavy atom. The Bertz CT molecular complexity index is 542. The smallest absolute Gasteiger partial charge is 0.247 e. The van der Waals surface area contributed by atoms with E-state index in [-0.39, 0.29) is 6.54 Å². The van der Waals surface area contributed by atoms with Gasteiger partial charge in [0.25, 0.3) is 0 Å². The maximum absolute atomic E-state index is 10.3. The molecule has 0 radical (unpaired) electrons. The minimum absolute atomic E-state index is 0.311. The molecule has 0 saturated carbocycles. The standard InChI is InChI=1S/C10H9N3O3/c1-16-8-2-3-9-10(4-8)11-5-7(12-9)6-13(14)15/h2-5H,6H2,1H3. The van der Waals surface area contributed by atoms with E-state index in [4.69, 9.17) is 4.74 Å². The van der Waals surface area contributed by atoms with E-state index in [1.807, 2.05) is 0 Å². The summed E-state index contributed by atoms with van der Waals surface area (Å²) in [5.74, 6) is 0.684. The summed E-state index contributed by atoms with van der Waals surface area (Å²) in [7, 11) is 1.57. The van der Waals surface area contributed by atoms with Crippen molar-refractivity contribution in [2.24, 2.45) is 0 Å². The van der Waals surface area contributed by atoms with Crippen LogP contribution in [0.4, 0.5) is 0 Å². The van der Waals surface area contributed by atoms with Gasteiger partial charge < -0.3 is 4.74 Å². The quantitative estimate of drug-likeness (QED) is 0.576. The second kappa shape index (κ2) is 4.09. The lowest BCUT2D eigenvalue weighted by Gasteiger charge is -2.01. The van der Waals surface area contributed by atoms with E-state index in [1.165, 1.54) is 6.20 Å². The van der Waals surface area contributed by atoms with Gasteiger partial charge in [0.15, 0.2) is 0 Å². The zero-order valence-electron chi connectivity index (χ0n) is 8.58. The highest BCUT2D eigenvalue weighted by Crippen LogP contribution is 2.17. The molecule has 6 heteroatoms. The van der Waals surface area contributed by atoms with E-state index < -0.39 is 4.92 Å². The maximum Gasteiger partial charge on any atom is 0.247 e. The van der Waals surface area contributed by atoms with Crippen LogP contribution >= 0.6 is 0 Å². The molecule has 0 N–H and O–H groups in total. The van der Waals surface area contributed by atoms with Crippen LogP contribution in [0.25, 0.3) is 11.0 Å². The highest BCUT2D eigenvalue weighted by atomic mass is 16.6. The number of ether oxygens (including phenoxy) is 1. The first-order valence-corrected chi connectivity index (χ1v) is 4.60. The number of methoxy groups -OCH3 is 1. The molecule has 0 aliphatic carbocycles. The van der Waals surface area contributed by atoms with Crippen LogP contribution in [0.2, 0.25) is 0 Å². The molecule has 0 spiro atoms. The van der Waals surface area contributed by atoms with Crippen molar-refractivity contribution >= 4 is 11.0 Å². The first-order valence-electron chi connectivity index (χ1n) is 4.60. The van der Waals surface area contributed by atoms with Crippen LogP contribution in [-0.4, -0.2) is 22.0 Å². The summed E-state index contributed by atoms with van der Waals surface area (Å²) >= 11 is 0. The molecule has 2 aromatic rings. The first-order chi connectivity index (χ1) is 7.69. The van der Waals surface area contributed by atoms with Gasteiger partial charge in [-0.2, -0.15) is 0 Å². The predicted octanol–water partition coefficient (Wildman–Crippen LogP) is 1.42. The van der Waals surface area contributed by atoms with E-state index in [1.54, 1.807) is 25.3 Å². The van der Waals surface area contributed by atoms with Crippen LogP contribution in [0.15, 0.2) is 24.4 Å². The van der Waals surface area contributed by atoms with E-state index in [0.717, 1.165) is 0 Å². The molecule has 0 aliphatic heterocycles. The highest BCUT2D eigenvalue weighted by Gasteiger charge is 2.06. The minimum Gasteiger partial charge on any atom is -0.497 e. The fraction of sp³-hybridized carbons (Fsp3) is 0.200. The molecule has 0 fully saturated rings. The lowest BCUT2D eigenvalue weighted by atomic mass is 10.2. The molecule has 16 heavy (non-hydrogen) atoms. The van der Waals surface area contributed by atoms with E-state index in [9.17, 15) is 10.1 Å². The zero-order chi connectivity index (χ0) is 11.5. The third-order valence-electron chi connectivity index (χ3n) is 2.09. The Kier molecular flexibility index (Phi) is 2.63. The van der Waals surface area contributed by atoms with Gasteiger partial charge in [-0.25, -0.2) is 4.98 Å². The molecule has 0 saturated heterocycles. The summed E-state index contributed by atoms with van der Waals surface area (Å²) in [6.45, 7) is -0.311. The Balaban J connectivity index is 2.43. The van der Waals surface area contributed by atoms with Gasteiger partial charge in [-0.15, -0.1) is 0 Å². The fourth-order valence-corrected chi connectivity index (χ4v) is 1.36. The molecule has 0 aliphatic rings. The van der Waals surface area contributed by atoms with Gasteiger partial charge in [0.05, 0.1) is 24.3 Å². The van der Waals surface area contributed by atoms with Gasteiger partial charge >= 0.3 is 0 Å². The van der Waals surface area contributed by atoms with Gasteiger partial charge in [0, 0.05) is 11.0 Å². The molecular formula is C10H9N3O3. The SMILES string of the molecule is COc1ccc2nc(C[N+](=O)[O-])cnc2c1. The van der Waals surface area contributed by atoms with Crippen LogP contribution in [0.1, 0.15) is 5.69 Å². The van der Waals surface area contributed by atoms with E-state index >= 15 is 0 Å². The molecule has 6 nitrogen and oxygen atoms in total. The van der Waals surface area contributed by atoms with Gasteiger partial charge in [0.1, 0.15) is 11.4 Å². The summed E-state index contributed by atoms with van der Waals surface area (Å²) in [4.78, 5) is 18.1. The first kappa shape index (κ1) is 10.3. The normalized spacial score (nSPS) is 10.3. The predicted molar refractivity (Wildman–Crippen MR) is 56.8 cm³/mol. The van der Waals surface area contributed by atoms with Crippen LogP contribution in [0, 0.1) is 10.1 Å². The molecule has 0 unspecified atom stereocenters. The summed E-state index contributed by atoms with van der Waals surface area (Å²) in [5, 5.41) is 10.3. The number of nitrogens with zero attached hydrogens (tertiary/aromatic N) is 3. The number of benzene rings is 1. The Hall–Kier alpha value is -2.24. The number of hydrogen-bond acceptors (Lipinski definition) is 5. The molecule has 0 atom stereocenters. The Labute approximate surface area is 91.0 Å². The molecule has 1 heterocycles. The van der Waals surface area contributed by atoms with Crippen LogP contribution in [0.3, 0.4) is 0 Å². The number of fused-ring (bicyclic) bond motifs is 1. The van der Waals surface area contributed by atoms with Gasteiger partial charge in [0.2, 0.25) is 6.54 Å². The summed E-state index contributed by atoms with van der Waals surface area (Å²) in [6.07, 6.45) is 1.41.